The van der Waals surface area contributed by atoms with E-state index in [0.717, 1.165) is 16.7 Å². The van der Waals surface area contributed by atoms with E-state index in [0.29, 0.717) is 27.4 Å². The highest BCUT2D eigenvalue weighted by Crippen LogP contribution is 2.30. The number of ether oxygens (including phenoxy) is 1. The van der Waals surface area contributed by atoms with E-state index in [4.69, 9.17) is 4.74 Å². The first-order valence-corrected chi connectivity index (χ1v) is 11.3. The molecule has 3 aromatic heterocycles. The van der Waals surface area contributed by atoms with Crippen LogP contribution in [0.5, 0.6) is 5.75 Å². The average molecular weight is 467 g/mol. The zero-order valence-electron chi connectivity index (χ0n) is 18.1. The van der Waals surface area contributed by atoms with Gasteiger partial charge < -0.3 is 4.74 Å². The van der Waals surface area contributed by atoms with Gasteiger partial charge in [-0.25, -0.2) is 9.78 Å². The quantitative estimate of drug-likeness (QED) is 0.208. The fourth-order valence-corrected chi connectivity index (χ4v) is 4.43. The molecule has 0 atom stereocenters. The summed E-state index contributed by atoms with van der Waals surface area (Å²) in [6.45, 7) is 1.75. The van der Waals surface area contributed by atoms with Gasteiger partial charge in [0.2, 0.25) is 0 Å². The van der Waals surface area contributed by atoms with Gasteiger partial charge >= 0.3 is 5.97 Å². The first-order valence-electron chi connectivity index (χ1n) is 10.4. The fraction of sp³-hybridized carbons (Fsp3) is 0.0385. The van der Waals surface area contributed by atoms with Crippen LogP contribution >= 0.6 is 11.3 Å². The number of carbonyl (C=O) groups is 1. The number of esters is 1. The molecule has 7 nitrogen and oxygen atoms in total. The van der Waals surface area contributed by atoms with Gasteiger partial charge in [0.25, 0.3) is 5.56 Å². The zero-order chi connectivity index (χ0) is 23.5. The summed E-state index contributed by atoms with van der Waals surface area (Å²) in [5, 5.41) is 6.89. The molecule has 5 aromatic rings. The van der Waals surface area contributed by atoms with Gasteiger partial charge in [-0.3, -0.25) is 9.78 Å². The smallest absolute Gasteiger partial charge is 0.343 e. The second-order valence-electron chi connectivity index (χ2n) is 7.41. The molecule has 0 bridgehead atoms. The van der Waals surface area contributed by atoms with E-state index in [1.165, 1.54) is 28.4 Å². The molecule has 0 unspecified atom stereocenters. The van der Waals surface area contributed by atoms with E-state index in [2.05, 4.69) is 15.1 Å². The van der Waals surface area contributed by atoms with Gasteiger partial charge in [-0.05, 0) is 54.4 Å². The largest absolute Gasteiger partial charge is 0.423 e. The molecule has 0 aliphatic carbocycles. The molecule has 0 aliphatic rings. The molecule has 0 aliphatic heterocycles. The molecular weight excluding hydrogens is 448 g/mol. The summed E-state index contributed by atoms with van der Waals surface area (Å²) in [5.74, 6) is 0.439. The van der Waals surface area contributed by atoms with Crippen molar-refractivity contribution < 1.29 is 9.53 Å². The molecule has 0 saturated carbocycles. The van der Waals surface area contributed by atoms with Crippen molar-refractivity contribution in [2.24, 2.45) is 5.10 Å². The Morgan fingerprint density at radius 2 is 1.76 bits per heavy atom. The van der Waals surface area contributed by atoms with Crippen LogP contribution in [-0.2, 0) is 0 Å². The second kappa shape index (κ2) is 9.21. The number of thiophene rings is 1. The predicted octanol–water partition coefficient (Wildman–Crippen LogP) is 4.93. The summed E-state index contributed by atoms with van der Waals surface area (Å²) in [6.07, 6.45) is 4.64. The van der Waals surface area contributed by atoms with Crippen LogP contribution in [0, 0.1) is 6.92 Å². The Morgan fingerprint density at radius 3 is 2.50 bits per heavy atom. The second-order valence-corrected chi connectivity index (χ2v) is 8.27. The molecule has 2 aromatic carbocycles. The maximum absolute atomic E-state index is 13.3. The van der Waals surface area contributed by atoms with E-state index in [9.17, 15) is 9.59 Å². The molecule has 8 heteroatoms. The molecule has 0 fully saturated rings. The van der Waals surface area contributed by atoms with E-state index < -0.39 is 5.97 Å². The van der Waals surface area contributed by atoms with Gasteiger partial charge in [-0.1, -0.05) is 30.3 Å². The summed E-state index contributed by atoms with van der Waals surface area (Å²) in [7, 11) is 0. The van der Waals surface area contributed by atoms with Gasteiger partial charge in [-0.15, -0.1) is 11.3 Å². The van der Waals surface area contributed by atoms with E-state index in [1.54, 1.807) is 49.5 Å². The number of fused-ring (bicyclic) bond motifs is 1. The number of rotatable bonds is 5. The third-order valence-corrected chi connectivity index (χ3v) is 6.03. The number of hydrogen-bond acceptors (Lipinski definition) is 7. The number of benzene rings is 2. The third-order valence-electron chi connectivity index (χ3n) is 5.16. The van der Waals surface area contributed by atoms with Gasteiger partial charge in [0.05, 0.1) is 17.2 Å². The minimum Gasteiger partial charge on any atom is -0.423 e. The Morgan fingerprint density at radius 1 is 1.03 bits per heavy atom. The molecule has 0 saturated heterocycles. The first-order chi connectivity index (χ1) is 16.6. The summed E-state index contributed by atoms with van der Waals surface area (Å²) in [6, 6.07) is 19.8. The Balaban J connectivity index is 1.41. The van der Waals surface area contributed by atoms with Crippen molar-refractivity contribution in [3.8, 4) is 16.9 Å². The first kappa shape index (κ1) is 21.4. The van der Waals surface area contributed by atoms with Gasteiger partial charge in [0, 0.05) is 23.3 Å². The predicted molar refractivity (Wildman–Crippen MR) is 133 cm³/mol. The van der Waals surface area contributed by atoms with Crippen molar-refractivity contribution in [1.82, 2.24) is 14.6 Å². The standard InChI is InChI=1S/C26H18N4O3S/c1-17-29-24-23(22(16-34-24)19-5-3-2-4-6-19)25(31)30(17)28-15-18-7-9-21(10-8-18)33-26(32)20-11-13-27-14-12-20/h2-16H,1H3/b28-15-. The summed E-state index contributed by atoms with van der Waals surface area (Å²) in [4.78, 5) is 34.6. The van der Waals surface area contributed by atoms with Crippen LogP contribution in [-0.4, -0.2) is 26.8 Å². The highest BCUT2D eigenvalue weighted by atomic mass is 32.1. The van der Waals surface area contributed by atoms with Crippen molar-refractivity contribution in [1.29, 1.82) is 0 Å². The summed E-state index contributed by atoms with van der Waals surface area (Å²) < 4.78 is 6.68. The molecule has 0 N–H and O–H groups in total. The topological polar surface area (TPSA) is 86.4 Å². The van der Waals surface area contributed by atoms with Gasteiger partial charge in [-0.2, -0.15) is 9.78 Å². The van der Waals surface area contributed by atoms with Crippen molar-refractivity contribution in [2.45, 2.75) is 6.92 Å². The van der Waals surface area contributed by atoms with Crippen molar-refractivity contribution >= 4 is 33.7 Å². The molecule has 0 amide bonds. The number of carbonyl (C=O) groups excluding carboxylic acids is 1. The SMILES string of the molecule is Cc1nc2scc(-c3ccccc3)c2c(=O)n1/N=C\c1ccc(OC(=O)c2ccncc2)cc1. The number of hydrogen-bond donors (Lipinski definition) is 0. The normalized spacial score (nSPS) is 11.2. The van der Waals surface area contributed by atoms with Crippen LogP contribution in [0.25, 0.3) is 21.3 Å². The van der Waals surface area contributed by atoms with Crippen LogP contribution < -0.4 is 10.3 Å². The number of aromatic nitrogens is 3. The van der Waals surface area contributed by atoms with Crippen LogP contribution in [0.4, 0.5) is 0 Å². The van der Waals surface area contributed by atoms with Gasteiger partial charge in [0.15, 0.2) is 0 Å². The van der Waals surface area contributed by atoms with E-state index >= 15 is 0 Å². The lowest BCUT2D eigenvalue weighted by Crippen LogP contribution is -2.20. The molecule has 34 heavy (non-hydrogen) atoms. The molecule has 166 valence electrons. The lowest BCUT2D eigenvalue weighted by molar-refractivity contribution is 0.0734. The van der Waals surface area contributed by atoms with Crippen LogP contribution in [0.15, 0.2) is 94.4 Å². The molecule has 0 spiro atoms. The van der Waals surface area contributed by atoms with E-state index in [1.807, 2.05) is 35.7 Å². The average Bonchev–Trinajstić information content (AvgIpc) is 3.30. The Kier molecular flexibility index (Phi) is 5.80. The number of aryl methyl sites for hydroxylation is 1. The van der Waals surface area contributed by atoms with Crippen molar-refractivity contribution in [3.05, 3.63) is 112 Å². The third kappa shape index (κ3) is 4.26. The monoisotopic (exact) mass is 466 g/mol. The van der Waals surface area contributed by atoms with E-state index in [-0.39, 0.29) is 5.56 Å². The van der Waals surface area contributed by atoms with Crippen LogP contribution in [0.3, 0.4) is 0 Å². The van der Waals surface area contributed by atoms with Crippen molar-refractivity contribution in [2.75, 3.05) is 0 Å². The lowest BCUT2D eigenvalue weighted by Gasteiger charge is -2.06. The number of nitrogens with zero attached hydrogens (tertiary/aromatic N) is 4. The highest BCUT2D eigenvalue weighted by molar-refractivity contribution is 7.17. The molecule has 3 heterocycles. The minimum absolute atomic E-state index is 0.221. The lowest BCUT2D eigenvalue weighted by atomic mass is 10.1. The minimum atomic E-state index is -0.463. The zero-order valence-corrected chi connectivity index (χ0v) is 18.9. The maximum Gasteiger partial charge on any atom is 0.343 e. The molecule has 5 rings (SSSR count). The summed E-state index contributed by atoms with van der Waals surface area (Å²) >= 11 is 1.44. The number of pyridine rings is 1. The highest BCUT2D eigenvalue weighted by Gasteiger charge is 2.15. The molecular formula is C26H18N4O3S. The van der Waals surface area contributed by atoms with Crippen LogP contribution in [0.1, 0.15) is 21.7 Å². The van der Waals surface area contributed by atoms with Gasteiger partial charge in [0.1, 0.15) is 16.4 Å². The fourth-order valence-electron chi connectivity index (χ4n) is 3.45. The Hall–Kier alpha value is -4.43. The Bertz CT molecular complexity index is 1560. The van der Waals surface area contributed by atoms with Crippen molar-refractivity contribution in [3.63, 3.8) is 0 Å². The maximum atomic E-state index is 13.3. The van der Waals surface area contributed by atoms with Crippen LogP contribution in [0.2, 0.25) is 0 Å². The molecule has 0 radical (unpaired) electrons. The Labute approximate surface area is 198 Å². The summed E-state index contributed by atoms with van der Waals surface area (Å²) in [5.41, 5.74) is 2.75.